The number of aliphatic hydroxyl groups is 1. The van der Waals surface area contributed by atoms with Gasteiger partial charge in [0.05, 0.1) is 37.2 Å². The number of hydrogen-bond donors (Lipinski definition) is 1. The minimum atomic E-state index is -1.16. The topological polar surface area (TPSA) is 96.4 Å². The van der Waals surface area contributed by atoms with Gasteiger partial charge in [0.25, 0.3) is 5.91 Å². The standard InChI is InChI=1S/C31H42N2O6/c1-7-9-10-16-38-30(37)25-24-13-14-31(39-24)26(25)28(35)33(23(18-34)19(3)4)27(31)29(36)32(15-8-2)22-17-20(5)11-12-21(22)6/h7-8,11-12,17,19,23-27,34H,1-2,9-10,13-16,18H2,3-6H3/t23-,24-,25+,26-,27?,31?/m0/s1. The lowest BCUT2D eigenvalue weighted by atomic mass is 9.70. The zero-order valence-electron chi connectivity index (χ0n) is 23.6. The third kappa shape index (κ3) is 4.93. The summed E-state index contributed by atoms with van der Waals surface area (Å²) < 4.78 is 12.1. The van der Waals surface area contributed by atoms with Gasteiger partial charge in [0.2, 0.25) is 5.91 Å². The number of fused-ring (bicyclic) bond motifs is 1. The third-order valence-electron chi connectivity index (χ3n) is 8.59. The fourth-order valence-corrected chi connectivity index (χ4v) is 6.71. The maximum atomic E-state index is 14.6. The van der Waals surface area contributed by atoms with E-state index in [4.69, 9.17) is 9.47 Å². The smallest absolute Gasteiger partial charge is 0.312 e. The lowest BCUT2D eigenvalue weighted by Crippen LogP contribution is -2.60. The summed E-state index contributed by atoms with van der Waals surface area (Å²) in [6, 6.07) is 4.31. The molecule has 0 aromatic heterocycles. The van der Waals surface area contributed by atoms with Crippen molar-refractivity contribution < 1.29 is 29.0 Å². The van der Waals surface area contributed by atoms with Crippen LogP contribution in [0.2, 0.25) is 0 Å². The Labute approximate surface area is 231 Å². The summed E-state index contributed by atoms with van der Waals surface area (Å²) in [5, 5.41) is 10.4. The number of aliphatic hydroxyl groups excluding tert-OH is 1. The highest BCUT2D eigenvalue weighted by molar-refractivity contribution is 6.05. The molecule has 3 saturated heterocycles. The highest BCUT2D eigenvalue weighted by atomic mass is 16.6. The summed E-state index contributed by atoms with van der Waals surface area (Å²) in [6.45, 7) is 15.5. The van der Waals surface area contributed by atoms with Crippen LogP contribution in [0.25, 0.3) is 0 Å². The van der Waals surface area contributed by atoms with Crippen LogP contribution in [-0.4, -0.2) is 71.3 Å². The fourth-order valence-electron chi connectivity index (χ4n) is 6.71. The van der Waals surface area contributed by atoms with Crippen LogP contribution in [0.3, 0.4) is 0 Å². The summed E-state index contributed by atoms with van der Waals surface area (Å²) >= 11 is 0. The Morgan fingerprint density at radius 1 is 1.28 bits per heavy atom. The van der Waals surface area contributed by atoms with Gasteiger partial charge >= 0.3 is 5.97 Å². The molecule has 2 unspecified atom stereocenters. The summed E-state index contributed by atoms with van der Waals surface area (Å²) in [4.78, 5) is 45.4. The molecule has 1 N–H and O–H groups in total. The van der Waals surface area contributed by atoms with E-state index in [2.05, 4.69) is 13.2 Å². The van der Waals surface area contributed by atoms with Crippen molar-refractivity contribution in [1.82, 2.24) is 4.90 Å². The van der Waals surface area contributed by atoms with E-state index in [-0.39, 0.29) is 37.5 Å². The number of amides is 2. The number of carbonyl (C=O) groups excluding carboxylic acids is 3. The van der Waals surface area contributed by atoms with Crippen LogP contribution in [0, 0.1) is 31.6 Å². The van der Waals surface area contributed by atoms with Gasteiger partial charge in [-0.3, -0.25) is 14.4 Å². The zero-order valence-corrected chi connectivity index (χ0v) is 23.6. The average molecular weight is 539 g/mol. The molecule has 39 heavy (non-hydrogen) atoms. The van der Waals surface area contributed by atoms with Gasteiger partial charge in [-0.15, -0.1) is 13.2 Å². The lowest BCUT2D eigenvalue weighted by molar-refractivity contribution is -0.156. The Morgan fingerprint density at radius 2 is 2.03 bits per heavy atom. The van der Waals surface area contributed by atoms with Crippen LogP contribution in [0.1, 0.15) is 50.7 Å². The molecule has 3 fully saturated rings. The number of ether oxygens (including phenoxy) is 2. The minimum absolute atomic E-state index is 0.125. The van der Waals surface area contributed by atoms with E-state index in [9.17, 15) is 19.5 Å². The molecule has 212 valence electrons. The second kappa shape index (κ2) is 11.6. The Kier molecular flexibility index (Phi) is 8.66. The second-order valence-electron chi connectivity index (χ2n) is 11.4. The van der Waals surface area contributed by atoms with E-state index in [0.717, 1.165) is 23.2 Å². The number of nitrogens with zero attached hydrogens (tertiary/aromatic N) is 2. The van der Waals surface area contributed by atoms with Crippen LogP contribution in [0.15, 0.2) is 43.5 Å². The van der Waals surface area contributed by atoms with E-state index in [1.54, 1.807) is 17.1 Å². The molecule has 1 spiro atoms. The summed E-state index contributed by atoms with van der Waals surface area (Å²) in [7, 11) is 0. The van der Waals surface area contributed by atoms with Crippen LogP contribution in [0.4, 0.5) is 5.69 Å². The van der Waals surface area contributed by atoms with E-state index in [1.165, 1.54) is 4.90 Å². The van der Waals surface area contributed by atoms with E-state index in [1.807, 2.05) is 45.9 Å². The van der Waals surface area contributed by atoms with Crippen molar-refractivity contribution in [2.45, 2.75) is 77.2 Å². The average Bonchev–Trinajstić information content (AvgIpc) is 3.54. The highest BCUT2D eigenvalue weighted by Crippen LogP contribution is 2.59. The van der Waals surface area contributed by atoms with Crippen molar-refractivity contribution in [3.8, 4) is 0 Å². The molecule has 8 heteroatoms. The van der Waals surface area contributed by atoms with Gasteiger partial charge in [-0.1, -0.05) is 38.1 Å². The molecule has 0 radical (unpaired) electrons. The molecule has 2 bridgehead atoms. The molecule has 2 amide bonds. The van der Waals surface area contributed by atoms with Gasteiger partial charge in [0.15, 0.2) is 0 Å². The minimum Gasteiger partial charge on any atom is -0.465 e. The molecule has 8 nitrogen and oxygen atoms in total. The van der Waals surface area contributed by atoms with Crippen molar-refractivity contribution in [2.75, 3.05) is 24.7 Å². The number of anilines is 1. The maximum absolute atomic E-state index is 14.6. The SMILES string of the molecule is C=CCCCOC(=O)[C@@H]1[C@@H]2CCC3(O2)C(C(=O)N(CC=C)c2cc(C)ccc2C)N([C@@H](CO)C(C)C)C(=O)[C@H]13. The first-order chi connectivity index (χ1) is 18.6. The van der Waals surface area contributed by atoms with E-state index < -0.39 is 41.6 Å². The first kappa shape index (κ1) is 29.0. The number of benzene rings is 1. The van der Waals surface area contributed by atoms with Crippen molar-refractivity contribution in [1.29, 1.82) is 0 Å². The van der Waals surface area contributed by atoms with Crippen molar-refractivity contribution in [3.63, 3.8) is 0 Å². The van der Waals surface area contributed by atoms with Gasteiger partial charge in [-0.25, -0.2) is 0 Å². The molecule has 3 heterocycles. The molecule has 0 aliphatic carbocycles. The number of likely N-dealkylation sites (tertiary alicyclic amines) is 1. The Balaban J connectivity index is 1.78. The van der Waals surface area contributed by atoms with Crippen LogP contribution >= 0.6 is 0 Å². The van der Waals surface area contributed by atoms with Gasteiger partial charge < -0.3 is 24.4 Å². The van der Waals surface area contributed by atoms with Crippen LogP contribution < -0.4 is 4.90 Å². The van der Waals surface area contributed by atoms with Crippen molar-refractivity contribution in [2.24, 2.45) is 17.8 Å². The van der Waals surface area contributed by atoms with Gasteiger partial charge in [0, 0.05) is 12.2 Å². The first-order valence-electron chi connectivity index (χ1n) is 14.0. The molecule has 1 aromatic carbocycles. The predicted octanol–water partition coefficient (Wildman–Crippen LogP) is 3.72. The second-order valence-corrected chi connectivity index (χ2v) is 11.4. The predicted molar refractivity (Wildman–Crippen MR) is 149 cm³/mol. The molecule has 6 atom stereocenters. The quantitative estimate of drug-likeness (QED) is 0.248. The summed E-state index contributed by atoms with van der Waals surface area (Å²) in [5.41, 5.74) is 1.49. The highest BCUT2D eigenvalue weighted by Gasteiger charge is 2.75. The normalized spacial score (nSPS) is 27.9. The number of aryl methyl sites for hydroxylation is 2. The number of esters is 1. The maximum Gasteiger partial charge on any atom is 0.312 e. The Morgan fingerprint density at radius 3 is 2.67 bits per heavy atom. The molecular formula is C31H42N2O6. The first-order valence-corrected chi connectivity index (χ1v) is 14.0. The molecule has 0 saturated carbocycles. The molecule has 4 rings (SSSR count). The molecule has 3 aliphatic heterocycles. The molecular weight excluding hydrogens is 496 g/mol. The van der Waals surface area contributed by atoms with Crippen LogP contribution in [0.5, 0.6) is 0 Å². The number of carbonyl (C=O) groups is 3. The monoisotopic (exact) mass is 538 g/mol. The fraction of sp³-hybridized carbons (Fsp3) is 0.581. The number of hydrogen-bond acceptors (Lipinski definition) is 6. The number of allylic oxidation sites excluding steroid dienone is 1. The van der Waals surface area contributed by atoms with E-state index >= 15 is 0 Å². The number of rotatable bonds is 12. The third-order valence-corrected chi connectivity index (χ3v) is 8.59. The van der Waals surface area contributed by atoms with Crippen molar-refractivity contribution in [3.05, 3.63) is 54.6 Å². The summed E-state index contributed by atoms with van der Waals surface area (Å²) in [5.74, 6) is -2.82. The Hall–Kier alpha value is -2.97. The molecule has 1 aromatic rings. The molecule has 3 aliphatic rings. The van der Waals surface area contributed by atoms with Gasteiger partial charge in [-0.05, 0) is 62.6 Å². The lowest BCUT2D eigenvalue weighted by Gasteiger charge is -2.40. The van der Waals surface area contributed by atoms with Crippen molar-refractivity contribution >= 4 is 23.5 Å². The Bertz CT molecular complexity index is 1130. The summed E-state index contributed by atoms with van der Waals surface area (Å²) in [6.07, 6.45) is 5.36. The van der Waals surface area contributed by atoms with Gasteiger partial charge in [-0.2, -0.15) is 0 Å². The zero-order chi connectivity index (χ0) is 28.5. The number of unbranched alkanes of at least 4 members (excludes halogenated alkanes) is 1. The van der Waals surface area contributed by atoms with E-state index in [0.29, 0.717) is 19.3 Å². The van der Waals surface area contributed by atoms with Crippen LogP contribution in [-0.2, 0) is 23.9 Å². The van der Waals surface area contributed by atoms with Gasteiger partial charge in [0.1, 0.15) is 11.6 Å². The largest absolute Gasteiger partial charge is 0.465 e.